The molecule has 5 heteroatoms. The van der Waals surface area contributed by atoms with Crippen LogP contribution in [-0.2, 0) is 10.2 Å². The molecule has 1 heterocycles. The van der Waals surface area contributed by atoms with Crippen molar-refractivity contribution in [1.82, 2.24) is 4.98 Å². The first-order valence-corrected chi connectivity index (χ1v) is 9.56. The van der Waals surface area contributed by atoms with E-state index in [1.54, 1.807) is 30.3 Å². The number of aromatic nitrogens is 1. The summed E-state index contributed by atoms with van der Waals surface area (Å²) in [5, 5.41) is 2.90. The number of hydrogen-bond donors (Lipinski definition) is 1. The zero-order valence-corrected chi connectivity index (χ0v) is 16.4. The van der Waals surface area contributed by atoms with Crippen molar-refractivity contribution in [1.29, 1.82) is 0 Å². The van der Waals surface area contributed by atoms with Gasteiger partial charge in [-0.05, 0) is 49.6 Å². The summed E-state index contributed by atoms with van der Waals surface area (Å²) in [6.07, 6.45) is 3.13. The fourth-order valence-corrected chi connectivity index (χ4v) is 3.47. The molecular weight excluding hydrogens is 364 g/mol. The van der Waals surface area contributed by atoms with Crippen molar-refractivity contribution < 1.29 is 14.3 Å². The van der Waals surface area contributed by atoms with E-state index in [9.17, 15) is 9.59 Å². The van der Waals surface area contributed by atoms with E-state index in [4.69, 9.17) is 4.74 Å². The van der Waals surface area contributed by atoms with E-state index in [1.807, 2.05) is 37.3 Å². The molecule has 1 amide bonds. The first kappa shape index (κ1) is 18.9. The number of amides is 1. The predicted octanol–water partition coefficient (Wildman–Crippen LogP) is 4.30. The largest absolute Gasteiger partial charge is 0.496 e. The summed E-state index contributed by atoms with van der Waals surface area (Å²) in [4.78, 5) is 29.9. The van der Waals surface area contributed by atoms with Gasteiger partial charge in [-0.3, -0.25) is 9.59 Å². The van der Waals surface area contributed by atoms with Gasteiger partial charge >= 0.3 is 0 Å². The number of ketones is 1. The number of carbonyl (C=O) groups is 2. The molecule has 1 N–H and O–H groups in total. The summed E-state index contributed by atoms with van der Waals surface area (Å²) in [5.41, 5.74) is 2.64. The molecule has 0 spiro atoms. The Bertz CT molecular complexity index is 1050. The number of carbonyl (C=O) groups excluding carboxylic acids is 2. The van der Waals surface area contributed by atoms with Crippen molar-refractivity contribution in [3.63, 3.8) is 0 Å². The Morgan fingerprint density at radius 1 is 1.00 bits per heavy atom. The van der Waals surface area contributed by atoms with Gasteiger partial charge in [-0.25, -0.2) is 4.98 Å². The average molecular weight is 386 g/mol. The van der Waals surface area contributed by atoms with Gasteiger partial charge in [0.1, 0.15) is 11.6 Å². The molecule has 0 bridgehead atoms. The lowest BCUT2D eigenvalue weighted by molar-refractivity contribution is -0.118. The Hall–Kier alpha value is -3.47. The van der Waals surface area contributed by atoms with Gasteiger partial charge in [0.05, 0.1) is 18.1 Å². The highest BCUT2D eigenvalue weighted by molar-refractivity contribution is 6.10. The van der Waals surface area contributed by atoms with E-state index in [0.29, 0.717) is 22.7 Å². The molecule has 0 aliphatic heterocycles. The minimum absolute atomic E-state index is 0.0577. The third-order valence-corrected chi connectivity index (χ3v) is 5.41. The number of nitrogens with one attached hydrogen (secondary N) is 1. The van der Waals surface area contributed by atoms with Crippen LogP contribution < -0.4 is 10.1 Å². The molecule has 4 rings (SSSR count). The second-order valence-corrected chi connectivity index (χ2v) is 7.36. The van der Waals surface area contributed by atoms with Crippen LogP contribution in [0.25, 0.3) is 0 Å². The maximum atomic E-state index is 12.9. The van der Waals surface area contributed by atoms with Crippen LogP contribution in [0.5, 0.6) is 5.75 Å². The minimum Gasteiger partial charge on any atom is -0.496 e. The van der Waals surface area contributed by atoms with Gasteiger partial charge in [0.25, 0.3) is 0 Å². The zero-order valence-electron chi connectivity index (χ0n) is 16.4. The van der Waals surface area contributed by atoms with Crippen LogP contribution in [0, 0.1) is 6.92 Å². The highest BCUT2D eigenvalue weighted by Crippen LogP contribution is 2.49. The summed E-state index contributed by atoms with van der Waals surface area (Å²) < 4.78 is 5.26. The smallest absolute Gasteiger partial charge is 0.236 e. The molecular formula is C24H22N2O3. The molecule has 1 fully saturated rings. The van der Waals surface area contributed by atoms with Gasteiger partial charge < -0.3 is 10.1 Å². The molecule has 0 radical (unpaired) electrons. The van der Waals surface area contributed by atoms with Crippen molar-refractivity contribution >= 4 is 17.5 Å². The molecule has 146 valence electrons. The third-order valence-electron chi connectivity index (χ3n) is 5.41. The second-order valence-electron chi connectivity index (χ2n) is 7.36. The lowest BCUT2D eigenvalue weighted by atomic mass is 9.94. The predicted molar refractivity (Wildman–Crippen MR) is 111 cm³/mol. The van der Waals surface area contributed by atoms with Crippen molar-refractivity contribution in [2.24, 2.45) is 0 Å². The van der Waals surface area contributed by atoms with Gasteiger partial charge in [-0.1, -0.05) is 42.0 Å². The molecule has 1 saturated carbocycles. The van der Waals surface area contributed by atoms with E-state index < -0.39 is 5.41 Å². The first-order chi connectivity index (χ1) is 14.0. The highest BCUT2D eigenvalue weighted by atomic mass is 16.5. The number of rotatable bonds is 6. The fraction of sp³-hybridized carbons (Fsp3) is 0.208. The number of para-hydroxylation sites is 1. The van der Waals surface area contributed by atoms with E-state index in [2.05, 4.69) is 10.3 Å². The standard InChI is InChI=1S/C24H22N2O3/c1-16-7-10-18(11-8-16)24(13-14-24)23(28)26-21-12-9-17(15-25-21)22(27)19-5-3-4-6-20(19)29-2/h3-12,15H,13-14H2,1-2H3,(H,25,26,28). The van der Waals surface area contributed by atoms with Crippen LogP contribution in [-0.4, -0.2) is 23.8 Å². The third kappa shape index (κ3) is 3.63. The summed E-state index contributed by atoms with van der Waals surface area (Å²) >= 11 is 0. The molecule has 5 nitrogen and oxygen atoms in total. The average Bonchev–Trinajstić information content (AvgIpc) is 3.56. The van der Waals surface area contributed by atoms with Crippen LogP contribution in [0.1, 0.15) is 39.9 Å². The topological polar surface area (TPSA) is 68.3 Å². The Labute approximate surface area is 169 Å². The summed E-state index contributed by atoms with van der Waals surface area (Å²) in [6, 6.07) is 18.5. The Kier molecular flexibility index (Phi) is 4.89. The minimum atomic E-state index is -0.471. The number of nitrogens with zero attached hydrogens (tertiary/aromatic N) is 1. The fourth-order valence-electron chi connectivity index (χ4n) is 3.47. The monoisotopic (exact) mass is 386 g/mol. The van der Waals surface area contributed by atoms with Crippen molar-refractivity contribution in [3.05, 3.63) is 89.1 Å². The lowest BCUT2D eigenvalue weighted by Crippen LogP contribution is -2.28. The van der Waals surface area contributed by atoms with Crippen LogP contribution in [0.15, 0.2) is 66.9 Å². The number of methoxy groups -OCH3 is 1. The molecule has 1 aliphatic rings. The van der Waals surface area contributed by atoms with Gasteiger partial charge in [0.15, 0.2) is 5.78 Å². The molecule has 0 atom stereocenters. The van der Waals surface area contributed by atoms with Gasteiger partial charge in [-0.2, -0.15) is 0 Å². The number of benzene rings is 2. The van der Waals surface area contributed by atoms with E-state index in [1.165, 1.54) is 18.9 Å². The van der Waals surface area contributed by atoms with Crippen molar-refractivity contribution in [2.75, 3.05) is 12.4 Å². The van der Waals surface area contributed by atoms with E-state index in [0.717, 1.165) is 18.4 Å². The number of aryl methyl sites for hydroxylation is 1. The molecule has 1 aromatic heterocycles. The summed E-state index contributed by atoms with van der Waals surface area (Å²) in [7, 11) is 1.53. The number of pyridine rings is 1. The van der Waals surface area contributed by atoms with Crippen LogP contribution >= 0.6 is 0 Å². The maximum Gasteiger partial charge on any atom is 0.236 e. The Balaban J connectivity index is 1.49. The molecule has 3 aromatic rings. The van der Waals surface area contributed by atoms with E-state index in [-0.39, 0.29) is 11.7 Å². The van der Waals surface area contributed by atoms with Crippen LogP contribution in [0.3, 0.4) is 0 Å². The Morgan fingerprint density at radius 3 is 2.34 bits per heavy atom. The van der Waals surface area contributed by atoms with Crippen LogP contribution in [0.2, 0.25) is 0 Å². The van der Waals surface area contributed by atoms with E-state index >= 15 is 0 Å². The van der Waals surface area contributed by atoms with Gasteiger partial charge in [-0.15, -0.1) is 0 Å². The summed E-state index contributed by atoms with van der Waals surface area (Å²) in [5.74, 6) is 0.720. The molecule has 2 aromatic carbocycles. The first-order valence-electron chi connectivity index (χ1n) is 9.56. The van der Waals surface area contributed by atoms with Crippen molar-refractivity contribution in [2.45, 2.75) is 25.2 Å². The molecule has 0 saturated heterocycles. The Morgan fingerprint density at radius 2 is 1.72 bits per heavy atom. The molecule has 1 aliphatic carbocycles. The van der Waals surface area contributed by atoms with Crippen LogP contribution in [0.4, 0.5) is 5.82 Å². The zero-order chi connectivity index (χ0) is 20.4. The highest BCUT2D eigenvalue weighted by Gasteiger charge is 2.51. The number of hydrogen-bond acceptors (Lipinski definition) is 4. The molecule has 0 unspecified atom stereocenters. The number of ether oxygens (including phenoxy) is 1. The maximum absolute atomic E-state index is 12.9. The number of anilines is 1. The second kappa shape index (κ2) is 7.51. The normalized spacial score (nSPS) is 14.1. The van der Waals surface area contributed by atoms with Gasteiger partial charge in [0, 0.05) is 11.8 Å². The lowest BCUT2D eigenvalue weighted by Gasteiger charge is -2.16. The van der Waals surface area contributed by atoms with Crippen molar-refractivity contribution in [3.8, 4) is 5.75 Å². The SMILES string of the molecule is COc1ccccc1C(=O)c1ccc(NC(=O)C2(c3ccc(C)cc3)CC2)nc1. The van der Waals surface area contributed by atoms with Gasteiger partial charge in [0.2, 0.25) is 5.91 Å². The summed E-state index contributed by atoms with van der Waals surface area (Å²) in [6.45, 7) is 2.03. The molecule has 29 heavy (non-hydrogen) atoms. The quantitative estimate of drug-likeness (QED) is 0.642.